The smallest absolute Gasteiger partial charge is 0.335 e. The van der Waals surface area contributed by atoms with Crippen LogP contribution in [0.2, 0.25) is 0 Å². The summed E-state index contributed by atoms with van der Waals surface area (Å²) < 4.78 is 0. The first-order valence-corrected chi connectivity index (χ1v) is 9.28. The van der Waals surface area contributed by atoms with Gasteiger partial charge in [-0.3, -0.25) is 14.9 Å². The summed E-state index contributed by atoms with van der Waals surface area (Å²) in [5, 5.41) is 2.25. The second-order valence-electron chi connectivity index (χ2n) is 6.51. The van der Waals surface area contributed by atoms with Crippen molar-refractivity contribution in [2.24, 2.45) is 0 Å². The van der Waals surface area contributed by atoms with E-state index in [1.807, 2.05) is 43.3 Å². The van der Waals surface area contributed by atoms with Crippen LogP contribution in [0.3, 0.4) is 0 Å². The number of anilines is 2. The van der Waals surface area contributed by atoms with E-state index in [2.05, 4.69) is 24.1 Å². The van der Waals surface area contributed by atoms with Gasteiger partial charge in [-0.2, -0.15) is 0 Å². The molecule has 1 saturated heterocycles. The number of urea groups is 1. The molecular formula is C22H23N3O3. The molecular weight excluding hydrogens is 354 g/mol. The summed E-state index contributed by atoms with van der Waals surface area (Å²) in [5.41, 5.74) is 2.94. The van der Waals surface area contributed by atoms with Crippen LogP contribution in [-0.4, -0.2) is 30.9 Å². The lowest BCUT2D eigenvalue weighted by Crippen LogP contribution is -2.54. The Morgan fingerprint density at radius 2 is 1.61 bits per heavy atom. The van der Waals surface area contributed by atoms with Crippen LogP contribution in [-0.2, 0) is 9.59 Å². The Balaban J connectivity index is 1.94. The molecule has 0 aromatic heterocycles. The normalized spacial score (nSPS) is 15.8. The molecule has 0 aliphatic carbocycles. The summed E-state index contributed by atoms with van der Waals surface area (Å²) in [4.78, 5) is 40.7. The van der Waals surface area contributed by atoms with Crippen molar-refractivity contribution in [2.45, 2.75) is 20.8 Å². The van der Waals surface area contributed by atoms with Gasteiger partial charge in [-0.25, -0.2) is 9.69 Å². The molecule has 144 valence electrons. The van der Waals surface area contributed by atoms with Crippen LogP contribution in [0.4, 0.5) is 16.2 Å². The van der Waals surface area contributed by atoms with Crippen LogP contribution < -0.4 is 15.1 Å². The van der Waals surface area contributed by atoms with Crippen molar-refractivity contribution in [1.29, 1.82) is 0 Å². The molecule has 1 aliphatic heterocycles. The number of hydrogen-bond donors (Lipinski definition) is 1. The van der Waals surface area contributed by atoms with Crippen LogP contribution in [0.5, 0.6) is 0 Å². The first-order valence-electron chi connectivity index (χ1n) is 9.28. The van der Waals surface area contributed by atoms with Crippen LogP contribution in [0, 0.1) is 6.92 Å². The molecule has 6 nitrogen and oxygen atoms in total. The van der Waals surface area contributed by atoms with Gasteiger partial charge in [-0.15, -0.1) is 0 Å². The summed E-state index contributed by atoms with van der Waals surface area (Å²) >= 11 is 0. The Morgan fingerprint density at radius 3 is 2.21 bits per heavy atom. The molecule has 4 amide bonds. The van der Waals surface area contributed by atoms with E-state index >= 15 is 0 Å². The molecule has 2 aromatic rings. The van der Waals surface area contributed by atoms with Gasteiger partial charge in [0.15, 0.2) is 0 Å². The van der Waals surface area contributed by atoms with Crippen molar-refractivity contribution in [3.05, 3.63) is 65.2 Å². The highest BCUT2D eigenvalue weighted by molar-refractivity contribution is 6.39. The fourth-order valence-electron chi connectivity index (χ4n) is 3.23. The summed E-state index contributed by atoms with van der Waals surface area (Å²) in [5.74, 6) is -1.32. The third-order valence-electron chi connectivity index (χ3n) is 4.79. The van der Waals surface area contributed by atoms with E-state index in [0.29, 0.717) is 11.3 Å². The lowest BCUT2D eigenvalue weighted by molar-refractivity contribution is -0.122. The molecule has 1 fully saturated rings. The lowest BCUT2D eigenvalue weighted by atomic mass is 10.1. The zero-order chi connectivity index (χ0) is 20.3. The van der Waals surface area contributed by atoms with Gasteiger partial charge in [0, 0.05) is 18.8 Å². The van der Waals surface area contributed by atoms with Crippen LogP contribution in [0.1, 0.15) is 25.0 Å². The third kappa shape index (κ3) is 3.67. The number of carbonyl (C=O) groups excluding carboxylic acids is 3. The molecule has 0 atom stereocenters. The highest BCUT2D eigenvalue weighted by Crippen LogP contribution is 2.25. The third-order valence-corrected chi connectivity index (χ3v) is 4.79. The minimum absolute atomic E-state index is 0.0709. The molecule has 2 aromatic carbocycles. The van der Waals surface area contributed by atoms with E-state index < -0.39 is 17.8 Å². The molecule has 0 saturated carbocycles. The molecule has 3 rings (SSSR count). The molecule has 0 radical (unpaired) electrons. The molecule has 0 bridgehead atoms. The summed E-state index contributed by atoms with van der Waals surface area (Å²) in [6.45, 7) is 7.77. The van der Waals surface area contributed by atoms with E-state index in [1.165, 1.54) is 6.08 Å². The maximum atomic E-state index is 12.9. The number of amides is 4. The average Bonchev–Trinajstić information content (AvgIpc) is 2.68. The fraction of sp³-hybridized carbons (Fsp3) is 0.227. The van der Waals surface area contributed by atoms with Gasteiger partial charge in [0.05, 0.1) is 5.69 Å². The monoisotopic (exact) mass is 377 g/mol. The Bertz CT molecular complexity index is 944. The van der Waals surface area contributed by atoms with Crippen molar-refractivity contribution in [3.8, 4) is 0 Å². The van der Waals surface area contributed by atoms with Crippen molar-refractivity contribution in [3.63, 3.8) is 0 Å². The molecule has 0 unspecified atom stereocenters. The number of rotatable bonds is 5. The second kappa shape index (κ2) is 8.08. The van der Waals surface area contributed by atoms with Crippen LogP contribution in [0.15, 0.2) is 54.1 Å². The quantitative estimate of drug-likeness (QED) is 0.639. The van der Waals surface area contributed by atoms with E-state index in [1.54, 1.807) is 12.1 Å². The van der Waals surface area contributed by atoms with Gasteiger partial charge in [0.2, 0.25) is 0 Å². The number of para-hydroxylation sites is 1. The van der Waals surface area contributed by atoms with E-state index in [9.17, 15) is 14.4 Å². The molecule has 1 N–H and O–H groups in total. The highest BCUT2D eigenvalue weighted by Gasteiger charge is 2.37. The van der Waals surface area contributed by atoms with Gasteiger partial charge in [-0.1, -0.05) is 30.3 Å². The van der Waals surface area contributed by atoms with Gasteiger partial charge in [0.1, 0.15) is 5.57 Å². The Labute approximate surface area is 164 Å². The maximum Gasteiger partial charge on any atom is 0.335 e. The number of nitrogens with zero attached hydrogens (tertiary/aromatic N) is 2. The molecule has 1 aliphatic rings. The number of carbonyl (C=O) groups is 3. The summed E-state index contributed by atoms with van der Waals surface area (Å²) in [7, 11) is 0. The highest BCUT2D eigenvalue weighted by atomic mass is 16.2. The van der Waals surface area contributed by atoms with Crippen molar-refractivity contribution < 1.29 is 14.4 Å². The summed E-state index contributed by atoms with van der Waals surface area (Å²) in [6.07, 6.45) is 1.52. The number of barbiturate groups is 1. The minimum Gasteiger partial charge on any atom is -0.372 e. The predicted octanol–water partition coefficient (Wildman–Crippen LogP) is 3.51. The van der Waals surface area contributed by atoms with Crippen LogP contribution >= 0.6 is 0 Å². The fourth-order valence-corrected chi connectivity index (χ4v) is 3.23. The molecule has 0 spiro atoms. The molecule has 6 heteroatoms. The van der Waals surface area contributed by atoms with E-state index in [-0.39, 0.29) is 5.57 Å². The SMILES string of the molecule is CCN(CC)c1ccc(/C=C2/C(=O)NC(=O)N(c3ccccc3C)C2=O)cc1. The zero-order valence-electron chi connectivity index (χ0n) is 16.2. The largest absolute Gasteiger partial charge is 0.372 e. The van der Waals surface area contributed by atoms with E-state index in [0.717, 1.165) is 29.2 Å². The van der Waals surface area contributed by atoms with Gasteiger partial charge >= 0.3 is 6.03 Å². The number of benzene rings is 2. The van der Waals surface area contributed by atoms with E-state index in [4.69, 9.17) is 0 Å². The zero-order valence-corrected chi connectivity index (χ0v) is 16.2. The number of imide groups is 2. The number of aryl methyl sites for hydroxylation is 1. The maximum absolute atomic E-state index is 12.9. The van der Waals surface area contributed by atoms with Crippen molar-refractivity contribution in [1.82, 2.24) is 5.32 Å². The van der Waals surface area contributed by atoms with Crippen molar-refractivity contribution in [2.75, 3.05) is 22.9 Å². The minimum atomic E-state index is -0.738. The number of hydrogen-bond acceptors (Lipinski definition) is 4. The van der Waals surface area contributed by atoms with Crippen LogP contribution in [0.25, 0.3) is 6.08 Å². The Morgan fingerprint density at radius 1 is 0.964 bits per heavy atom. The summed E-state index contributed by atoms with van der Waals surface area (Å²) in [6, 6.07) is 13.9. The molecule has 1 heterocycles. The topological polar surface area (TPSA) is 69.7 Å². The first-order chi connectivity index (χ1) is 13.5. The predicted molar refractivity (Wildman–Crippen MR) is 110 cm³/mol. The number of nitrogens with one attached hydrogen (secondary N) is 1. The van der Waals surface area contributed by atoms with Gasteiger partial charge in [0.25, 0.3) is 11.8 Å². The second-order valence-corrected chi connectivity index (χ2v) is 6.51. The standard InChI is InChI=1S/C22H23N3O3/c1-4-24(5-2)17-12-10-16(11-13-17)14-18-20(26)23-22(28)25(21(18)27)19-9-7-6-8-15(19)3/h6-14H,4-5H2,1-3H3,(H,23,26,28)/b18-14-. The van der Waals surface area contributed by atoms with Gasteiger partial charge in [-0.05, 0) is 56.2 Å². The Hall–Kier alpha value is -3.41. The van der Waals surface area contributed by atoms with Gasteiger partial charge < -0.3 is 4.90 Å². The molecule has 28 heavy (non-hydrogen) atoms. The Kier molecular flexibility index (Phi) is 5.59. The lowest BCUT2D eigenvalue weighted by Gasteiger charge is -2.27. The van der Waals surface area contributed by atoms with Crippen molar-refractivity contribution >= 4 is 35.3 Å². The first kappa shape index (κ1) is 19.4. The average molecular weight is 377 g/mol.